The van der Waals surface area contributed by atoms with Gasteiger partial charge in [0.25, 0.3) is 0 Å². The maximum Gasteiger partial charge on any atom is 0.235 e. The van der Waals surface area contributed by atoms with Crippen molar-refractivity contribution in [2.75, 3.05) is 0 Å². The average Bonchev–Trinajstić information content (AvgIpc) is 1.76. The molecule has 2 nitrogen and oxygen atoms in total. The molecule has 0 unspecified atom stereocenters. The zero-order valence-electron chi connectivity index (χ0n) is 9.30. The molecule has 1 aliphatic rings. The fourth-order valence-electron chi connectivity index (χ4n) is 2.94. The van der Waals surface area contributed by atoms with Gasteiger partial charge in [0, 0.05) is 10.7 Å². The van der Waals surface area contributed by atoms with Crippen molar-refractivity contribution in [3.8, 4) is 0 Å². The molecule has 4 heteroatoms. The second kappa shape index (κ2) is 3.38. The molecule has 0 spiro atoms. The first-order valence-corrected chi connectivity index (χ1v) is 7.33. The predicted molar refractivity (Wildman–Crippen MR) is 60.0 cm³/mol. The van der Waals surface area contributed by atoms with Crippen LogP contribution in [0, 0.1) is 10.8 Å². The Morgan fingerprint density at radius 1 is 1.07 bits per heavy atom. The smallest absolute Gasteiger partial charge is 0.212 e. The fourth-order valence-corrected chi connectivity index (χ4v) is 4.62. The normalized spacial score (nSPS) is 27.5. The molecule has 84 valence electrons. The van der Waals surface area contributed by atoms with Crippen LogP contribution in [0.4, 0.5) is 0 Å². The van der Waals surface area contributed by atoms with E-state index in [2.05, 4.69) is 27.7 Å². The molecule has 0 N–H and O–H groups in total. The van der Waals surface area contributed by atoms with E-state index in [-0.39, 0.29) is 16.1 Å². The second-order valence-corrected chi connectivity index (χ2v) is 8.92. The largest absolute Gasteiger partial charge is 0.235 e. The van der Waals surface area contributed by atoms with E-state index in [1.165, 1.54) is 0 Å². The van der Waals surface area contributed by atoms with Gasteiger partial charge in [-0.05, 0) is 30.1 Å². The van der Waals surface area contributed by atoms with Gasteiger partial charge in [-0.15, -0.1) is 0 Å². The average molecular weight is 239 g/mol. The summed E-state index contributed by atoms with van der Waals surface area (Å²) in [5, 5.41) is -0.372. The molecule has 1 aliphatic carbocycles. The Morgan fingerprint density at radius 3 is 1.71 bits per heavy atom. The van der Waals surface area contributed by atoms with Crippen LogP contribution in [0.25, 0.3) is 0 Å². The second-order valence-electron chi connectivity index (χ2n) is 6.01. The molecule has 0 aromatic heterocycles. The molecule has 0 atom stereocenters. The molecule has 0 aromatic carbocycles. The van der Waals surface area contributed by atoms with Crippen LogP contribution in [0.2, 0.25) is 0 Å². The van der Waals surface area contributed by atoms with Crippen LogP contribution in [0.15, 0.2) is 0 Å². The minimum Gasteiger partial charge on any atom is -0.212 e. The predicted octanol–water partition coefficient (Wildman–Crippen LogP) is 3.16. The fraction of sp³-hybridized carbons (Fsp3) is 1.00. The third kappa shape index (κ3) is 3.13. The molecule has 0 bridgehead atoms. The van der Waals surface area contributed by atoms with Gasteiger partial charge in [0.2, 0.25) is 9.05 Å². The molecule has 14 heavy (non-hydrogen) atoms. The van der Waals surface area contributed by atoms with Gasteiger partial charge in [0.15, 0.2) is 0 Å². The summed E-state index contributed by atoms with van der Waals surface area (Å²) in [5.41, 5.74) is 0.156. The van der Waals surface area contributed by atoms with E-state index in [1.807, 2.05) is 0 Å². The number of rotatable bonds is 1. The topological polar surface area (TPSA) is 34.1 Å². The van der Waals surface area contributed by atoms with Crippen molar-refractivity contribution in [1.82, 2.24) is 0 Å². The van der Waals surface area contributed by atoms with Crippen molar-refractivity contribution in [3.63, 3.8) is 0 Å². The summed E-state index contributed by atoms with van der Waals surface area (Å²) in [6.07, 6.45) is 2.42. The molecule has 0 saturated heterocycles. The Labute approximate surface area is 91.5 Å². The molecule has 0 amide bonds. The van der Waals surface area contributed by atoms with E-state index in [9.17, 15) is 8.42 Å². The minimum absolute atomic E-state index is 0.0778. The monoisotopic (exact) mass is 238 g/mol. The third-order valence-electron chi connectivity index (χ3n) is 2.92. The van der Waals surface area contributed by atoms with Crippen LogP contribution in [0.1, 0.15) is 47.0 Å². The zero-order chi connectivity index (χ0) is 11.2. The van der Waals surface area contributed by atoms with Crippen LogP contribution in [-0.4, -0.2) is 13.7 Å². The van der Waals surface area contributed by atoms with Gasteiger partial charge in [-0.3, -0.25) is 0 Å². The number of hydrogen-bond acceptors (Lipinski definition) is 2. The van der Waals surface area contributed by atoms with Gasteiger partial charge < -0.3 is 0 Å². The quantitative estimate of drug-likeness (QED) is 0.658. The van der Waals surface area contributed by atoms with Gasteiger partial charge in [-0.1, -0.05) is 27.7 Å². The van der Waals surface area contributed by atoms with Gasteiger partial charge in [0.1, 0.15) is 0 Å². The van der Waals surface area contributed by atoms with Crippen molar-refractivity contribution in [2.45, 2.75) is 52.2 Å². The molecule has 1 fully saturated rings. The summed E-state index contributed by atoms with van der Waals surface area (Å²) in [5.74, 6) is 0. The van der Waals surface area contributed by atoms with Gasteiger partial charge in [0.05, 0.1) is 5.25 Å². The lowest BCUT2D eigenvalue weighted by molar-refractivity contribution is 0.119. The first-order valence-electron chi connectivity index (χ1n) is 4.95. The Morgan fingerprint density at radius 2 is 1.43 bits per heavy atom. The van der Waals surface area contributed by atoms with Gasteiger partial charge in [-0.2, -0.15) is 0 Å². The lowest BCUT2D eigenvalue weighted by Gasteiger charge is -2.43. The maximum absolute atomic E-state index is 11.3. The first kappa shape index (κ1) is 12.3. The van der Waals surface area contributed by atoms with E-state index in [1.54, 1.807) is 0 Å². The number of hydrogen-bond donors (Lipinski definition) is 0. The van der Waals surface area contributed by atoms with E-state index < -0.39 is 9.05 Å². The van der Waals surface area contributed by atoms with Crippen LogP contribution in [0.5, 0.6) is 0 Å². The zero-order valence-corrected chi connectivity index (χ0v) is 10.9. The SMILES string of the molecule is CC1(C)CC(S(=O)(=O)Cl)CC(C)(C)C1. The Hall–Kier alpha value is 0.240. The Kier molecular flexibility index (Phi) is 2.97. The van der Waals surface area contributed by atoms with Crippen LogP contribution in [0.3, 0.4) is 0 Å². The molecule has 0 aromatic rings. The van der Waals surface area contributed by atoms with E-state index in [0.29, 0.717) is 12.8 Å². The lowest BCUT2D eigenvalue weighted by atomic mass is 9.65. The molecular formula is C10H19ClO2S. The van der Waals surface area contributed by atoms with Crippen molar-refractivity contribution < 1.29 is 8.42 Å². The van der Waals surface area contributed by atoms with Crippen LogP contribution >= 0.6 is 10.7 Å². The van der Waals surface area contributed by atoms with Crippen LogP contribution < -0.4 is 0 Å². The molecule has 0 aliphatic heterocycles. The highest BCUT2D eigenvalue weighted by Crippen LogP contribution is 2.48. The van der Waals surface area contributed by atoms with Gasteiger partial charge in [-0.25, -0.2) is 8.42 Å². The highest BCUT2D eigenvalue weighted by atomic mass is 35.7. The summed E-state index contributed by atoms with van der Waals surface area (Å²) in [6.45, 7) is 8.46. The van der Waals surface area contributed by atoms with Crippen molar-refractivity contribution in [2.24, 2.45) is 10.8 Å². The van der Waals surface area contributed by atoms with E-state index in [4.69, 9.17) is 10.7 Å². The standard InChI is InChI=1S/C10H19ClO2S/c1-9(2)5-8(14(11,12)13)6-10(3,4)7-9/h8H,5-7H2,1-4H3. The highest BCUT2D eigenvalue weighted by molar-refractivity contribution is 8.14. The summed E-state index contributed by atoms with van der Waals surface area (Å²) in [4.78, 5) is 0. The summed E-state index contributed by atoms with van der Waals surface area (Å²) < 4.78 is 22.7. The Bertz CT molecular complexity index is 301. The summed E-state index contributed by atoms with van der Waals surface area (Å²) >= 11 is 0. The molecule has 0 heterocycles. The Balaban J connectivity index is 2.93. The van der Waals surface area contributed by atoms with E-state index in [0.717, 1.165) is 6.42 Å². The molecule has 0 radical (unpaired) electrons. The minimum atomic E-state index is -3.40. The van der Waals surface area contributed by atoms with Gasteiger partial charge >= 0.3 is 0 Å². The van der Waals surface area contributed by atoms with E-state index >= 15 is 0 Å². The lowest BCUT2D eigenvalue weighted by Crippen LogP contribution is -2.39. The maximum atomic E-state index is 11.3. The third-order valence-corrected chi connectivity index (χ3v) is 4.80. The summed E-state index contributed by atoms with van der Waals surface area (Å²) in [7, 11) is 2.04. The van der Waals surface area contributed by atoms with Crippen molar-refractivity contribution in [1.29, 1.82) is 0 Å². The first-order chi connectivity index (χ1) is 6.02. The van der Waals surface area contributed by atoms with Crippen LogP contribution in [-0.2, 0) is 9.05 Å². The summed E-state index contributed by atoms with van der Waals surface area (Å²) in [6, 6.07) is 0. The van der Waals surface area contributed by atoms with Crippen molar-refractivity contribution >= 4 is 19.7 Å². The molecule has 1 saturated carbocycles. The van der Waals surface area contributed by atoms with Crippen molar-refractivity contribution in [3.05, 3.63) is 0 Å². The number of halogens is 1. The molecular weight excluding hydrogens is 220 g/mol. The highest BCUT2D eigenvalue weighted by Gasteiger charge is 2.42. The molecule has 1 rings (SSSR count).